The smallest absolute Gasteiger partial charge is 0.261 e. The van der Waals surface area contributed by atoms with Crippen molar-refractivity contribution in [3.63, 3.8) is 0 Å². The van der Waals surface area contributed by atoms with Crippen LogP contribution in [0.4, 0.5) is 5.69 Å². The molecule has 0 heterocycles. The van der Waals surface area contributed by atoms with Crippen LogP contribution >= 0.6 is 12.2 Å². The van der Waals surface area contributed by atoms with Crippen LogP contribution in [0.5, 0.6) is 5.75 Å². The third-order valence-corrected chi connectivity index (χ3v) is 6.34. The van der Waals surface area contributed by atoms with Crippen LogP contribution < -0.4 is 20.2 Å². The summed E-state index contributed by atoms with van der Waals surface area (Å²) in [4.78, 5) is 0.181. The van der Waals surface area contributed by atoms with Gasteiger partial charge in [-0.1, -0.05) is 42.5 Å². The first-order chi connectivity index (χ1) is 16.0. The standard InChI is InChI=1S/C24H26N4O3S2/c1-31-22-11-9-21(10-12-22)28-33(29,30)23-13-7-20(8-14-23)16-18-26-27-24(32)25-17-15-19-5-3-2-4-6-19/h2-14,18,28H,15-17H2,1H3,(H2,25,27,32). The molecule has 0 radical (unpaired) electrons. The highest BCUT2D eigenvalue weighted by molar-refractivity contribution is 7.92. The molecule has 9 heteroatoms. The number of nitrogens with zero attached hydrogens (tertiary/aromatic N) is 1. The van der Waals surface area contributed by atoms with Gasteiger partial charge in [0.25, 0.3) is 10.0 Å². The Balaban J connectivity index is 1.43. The van der Waals surface area contributed by atoms with Crippen molar-refractivity contribution in [1.29, 1.82) is 0 Å². The number of hydrazone groups is 1. The summed E-state index contributed by atoms with van der Waals surface area (Å²) in [7, 11) is -2.12. The van der Waals surface area contributed by atoms with Crippen molar-refractivity contribution in [3.8, 4) is 5.75 Å². The van der Waals surface area contributed by atoms with Crippen molar-refractivity contribution in [2.24, 2.45) is 5.10 Å². The Labute approximate surface area is 199 Å². The number of thiocarbonyl (C=S) groups is 1. The van der Waals surface area contributed by atoms with E-state index >= 15 is 0 Å². The minimum Gasteiger partial charge on any atom is -0.497 e. The van der Waals surface area contributed by atoms with E-state index in [9.17, 15) is 8.42 Å². The van der Waals surface area contributed by atoms with Gasteiger partial charge in [-0.25, -0.2) is 8.42 Å². The van der Waals surface area contributed by atoms with Crippen molar-refractivity contribution in [2.45, 2.75) is 17.7 Å². The van der Waals surface area contributed by atoms with Gasteiger partial charge in [0, 0.05) is 24.9 Å². The largest absolute Gasteiger partial charge is 0.497 e. The van der Waals surface area contributed by atoms with Crippen molar-refractivity contribution in [1.82, 2.24) is 10.7 Å². The van der Waals surface area contributed by atoms with Crippen molar-refractivity contribution in [2.75, 3.05) is 18.4 Å². The molecule has 0 aliphatic carbocycles. The lowest BCUT2D eigenvalue weighted by Gasteiger charge is -2.09. The molecule has 0 aliphatic heterocycles. The zero-order chi connectivity index (χ0) is 23.5. The Bertz CT molecular complexity index is 1160. The molecule has 3 N–H and O–H groups in total. The van der Waals surface area contributed by atoms with Crippen LogP contribution in [0.15, 0.2) is 88.9 Å². The average Bonchev–Trinajstić information content (AvgIpc) is 2.83. The van der Waals surface area contributed by atoms with Gasteiger partial charge >= 0.3 is 0 Å². The summed E-state index contributed by atoms with van der Waals surface area (Å²) >= 11 is 5.21. The summed E-state index contributed by atoms with van der Waals surface area (Å²) in [5.41, 5.74) is 5.41. The molecule has 3 aromatic carbocycles. The number of sulfonamides is 1. The zero-order valence-electron chi connectivity index (χ0n) is 18.2. The molecule has 0 saturated heterocycles. The Morgan fingerprint density at radius 3 is 2.33 bits per heavy atom. The highest BCUT2D eigenvalue weighted by Crippen LogP contribution is 2.19. The molecule has 0 unspecified atom stereocenters. The number of hydrogen-bond donors (Lipinski definition) is 3. The molecular formula is C24H26N4O3S2. The predicted octanol–water partition coefficient (Wildman–Crippen LogP) is 3.73. The Morgan fingerprint density at radius 1 is 0.970 bits per heavy atom. The van der Waals surface area contributed by atoms with Crippen LogP contribution in [-0.2, 0) is 22.9 Å². The highest BCUT2D eigenvalue weighted by atomic mass is 32.2. The Hall–Kier alpha value is -3.43. The van der Waals surface area contributed by atoms with E-state index in [1.54, 1.807) is 61.9 Å². The SMILES string of the molecule is COc1ccc(NS(=O)(=O)c2ccc(CC=NNC(=S)NCCc3ccccc3)cc2)cc1. The van der Waals surface area contributed by atoms with Crippen LogP contribution in [0.25, 0.3) is 0 Å². The number of benzene rings is 3. The lowest BCUT2D eigenvalue weighted by molar-refractivity contribution is 0.415. The quantitative estimate of drug-likeness (QED) is 0.232. The van der Waals surface area contributed by atoms with E-state index < -0.39 is 10.0 Å². The molecule has 0 amide bonds. The minimum absolute atomic E-state index is 0.181. The topological polar surface area (TPSA) is 91.8 Å². The van der Waals surface area contributed by atoms with Gasteiger partial charge < -0.3 is 10.1 Å². The predicted molar refractivity (Wildman–Crippen MR) is 136 cm³/mol. The molecule has 7 nitrogen and oxygen atoms in total. The minimum atomic E-state index is -3.68. The van der Waals surface area contributed by atoms with Gasteiger partial charge in [-0.05, 0) is 66.2 Å². The second kappa shape index (κ2) is 12.0. The molecule has 3 rings (SSSR count). The highest BCUT2D eigenvalue weighted by Gasteiger charge is 2.14. The van der Waals surface area contributed by atoms with Gasteiger partial charge in [-0.2, -0.15) is 5.10 Å². The maximum Gasteiger partial charge on any atom is 0.261 e. The maximum atomic E-state index is 12.6. The van der Waals surface area contributed by atoms with Crippen LogP contribution in [0.3, 0.4) is 0 Å². The molecule has 0 bridgehead atoms. The molecule has 0 atom stereocenters. The van der Waals surface area contributed by atoms with E-state index in [4.69, 9.17) is 17.0 Å². The van der Waals surface area contributed by atoms with Gasteiger partial charge in [0.1, 0.15) is 5.75 Å². The molecular weight excluding hydrogens is 456 g/mol. The summed E-state index contributed by atoms with van der Waals surface area (Å²) in [5.74, 6) is 0.655. The molecule has 172 valence electrons. The van der Waals surface area contributed by atoms with Crippen LogP contribution in [0, 0.1) is 0 Å². The Morgan fingerprint density at radius 2 is 1.67 bits per heavy atom. The third kappa shape index (κ3) is 7.89. The lowest BCUT2D eigenvalue weighted by Crippen LogP contribution is -2.33. The van der Waals surface area contributed by atoms with Crippen molar-refractivity contribution >= 4 is 39.3 Å². The molecule has 0 spiro atoms. The maximum absolute atomic E-state index is 12.6. The normalized spacial score (nSPS) is 11.2. The van der Waals surface area contributed by atoms with Gasteiger partial charge in [-0.15, -0.1) is 0 Å². The van der Waals surface area contributed by atoms with E-state index in [0.717, 1.165) is 12.0 Å². The zero-order valence-corrected chi connectivity index (χ0v) is 19.8. The molecule has 3 aromatic rings. The van der Waals surface area contributed by atoms with E-state index in [-0.39, 0.29) is 4.90 Å². The second-order valence-electron chi connectivity index (χ2n) is 7.10. The number of methoxy groups -OCH3 is 1. The number of nitrogens with one attached hydrogen (secondary N) is 3. The second-order valence-corrected chi connectivity index (χ2v) is 9.19. The van der Waals surface area contributed by atoms with Crippen LogP contribution in [0.1, 0.15) is 11.1 Å². The molecule has 0 aliphatic rings. The first-order valence-electron chi connectivity index (χ1n) is 10.3. The van der Waals surface area contributed by atoms with Gasteiger partial charge in [0.05, 0.1) is 12.0 Å². The first kappa shape index (κ1) is 24.2. The van der Waals surface area contributed by atoms with E-state index in [1.807, 2.05) is 18.2 Å². The van der Waals surface area contributed by atoms with E-state index in [2.05, 4.69) is 32.7 Å². The van der Waals surface area contributed by atoms with Crippen LogP contribution in [-0.4, -0.2) is 33.4 Å². The van der Waals surface area contributed by atoms with E-state index in [1.165, 1.54) is 5.56 Å². The summed E-state index contributed by atoms with van der Waals surface area (Å²) in [5, 5.41) is 7.67. The monoisotopic (exact) mass is 482 g/mol. The van der Waals surface area contributed by atoms with E-state index in [0.29, 0.717) is 29.5 Å². The number of rotatable bonds is 10. The third-order valence-electron chi connectivity index (χ3n) is 4.70. The Kier molecular flexibility index (Phi) is 8.79. The summed E-state index contributed by atoms with van der Waals surface area (Å²) < 4.78 is 32.8. The summed E-state index contributed by atoms with van der Waals surface area (Å²) in [6, 6.07) is 23.5. The van der Waals surface area contributed by atoms with Crippen LogP contribution in [0.2, 0.25) is 0 Å². The number of ether oxygens (including phenoxy) is 1. The van der Waals surface area contributed by atoms with Crippen molar-refractivity contribution in [3.05, 3.63) is 90.0 Å². The lowest BCUT2D eigenvalue weighted by atomic mass is 10.1. The number of anilines is 1. The van der Waals surface area contributed by atoms with Crippen molar-refractivity contribution < 1.29 is 13.2 Å². The molecule has 0 aromatic heterocycles. The molecule has 0 fully saturated rings. The fourth-order valence-electron chi connectivity index (χ4n) is 2.94. The first-order valence-corrected chi connectivity index (χ1v) is 12.2. The number of hydrogen-bond acceptors (Lipinski definition) is 5. The molecule has 33 heavy (non-hydrogen) atoms. The van der Waals surface area contributed by atoms with Gasteiger partial charge in [-0.3, -0.25) is 10.1 Å². The summed E-state index contributed by atoms with van der Waals surface area (Å²) in [6.07, 6.45) is 3.09. The molecule has 0 saturated carbocycles. The fraction of sp³-hybridized carbons (Fsp3) is 0.167. The van der Waals surface area contributed by atoms with Gasteiger partial charge in [0.2, 0.25) is 0 Å². The summed E-state index contributed by atoms with van der Waals surface area (Å²) in [6.45, 7) is 0.714. The average molecular weight is 483 g/mol. The fourth-order valence-corrected chi connectivity index (χ4v) is 4.15. The van der Waals surface area contributed by atoms with Gasteiger partial charge in [0.15, 0.2) is 5.11 Å².